The maximum atomic E-state index is 14.0. The summed E-state index contributed by atoms with van der Waals surface area (Å²) < 4.78 is 29.3. The third kappa shape index (κ3) is 6.83. The summed E-state index contributed by atoms with van der Waals surface area (Å²) in [4.78, 5) is 26.0. The molecule has 7 heteroatoms. The molecular formula is C30H39NO5S. The van der Waals surface area contributed by atoms with Crippen molar-refractivity contribution in [3.8, 4) is 0 Å². The van der Waals surface area contributed by atoms with Crippen LogP contribution in [0.5, 0.6) is 0 Å². The molecule has 6 nitrogen and oxygen atoms in total. The van der Waals surface area contributed by atoms with Crippen LogP contribution in [0.1, 0.15) is 58.1 Å². The summed E-state index contributed by atoms with van der Waals surface area (Å²) in [6.07, 6.45) is 5.06. The van der Waals surface area contributed by atoms with Gasteiger partial charge in [0.1, 0.15) is 11.4 Å². The molecule has 0 amide bonds. The number of benzene rings is 2. The fourth-order valence-electron chi connectivity index (χ4n) is 4.64. The molecule has 1 aliphatic heterocycles. The van der Waals surface area contributed by atoms with Gasteiger partial charge < -0.3 is 5.11 Å². The van der Waals surface area contributed by atoms with E-state index in [-0.39, 0.29) is 17.1 Å². The number of hydrogen-bond acceptors (Lipinski definition) is 5. The van der Waals surface area contributed by atoms with Crippen molar-refractivity contribution in [2.24, 2.45) is 11.3 Å². The van der Waals surface area contributed by atoms with Gasteiger partial charge in [-0.1, -0.05) is 81.0 Å². The number of hydrogen-bond donors (Lipinski definition) is 1. The van der Waals surface area contributed by atoms with Crippen LogP contribution in [0, 0.1) is 18.3 Å². The van der Waals surface area contributed by atoms with Crippen LogP contribution in [0.4, 0.5) is 0 Å². The SMILES string of the molecule is CC(=O)[C@@]1(O)CN(S(=O)(=O)c2ccc(C)cc2)[C@@H](CCc2ccccc2)C/C=C\[C@@H]1CC(=O)C(C)(C)C. The van der Waals surface area contributed by atoms with Crippen molar-refractivity contribution >= 4 is 21.6 Å². The molecule has 0 aliphatic carbocycles. The highest BCUT2D eigenvalue weighted by atomic mass is 32.2. The predicted octanol–water partition coefficient (Wildman–Crippen LogP) is 4.89. The molecule has 0 radical (unpaired) electrons. The number of rotatable bonds is 8. The molecule has 0 bridgehead atoms. The van der Waals surface area contributed by atoms with Gasteiger partial charge in [0.25, 0.3) is 0 Å². The fraction of sp³-hybridized carbons (Fsp3) is 0.467. The number of Topliss-reactive ketones (excluding diaryl/α,β-unsaturated/α-hetero) is 2. The highest BCUT2D eigenvalue weighted by Crippen LogP contribution is 2.35. The van der Waals surface area contributed by atoms with Crippen molar-refractivity contribution in [1.29, 1.82) is 0 Å². The van der Waals surface area contributed by atoms with Gasteiger partial charge in [0.15, 0.2) is 5.78 Å². The molecule has 0 saturated heterocycles. The number of β-amino-alcohol motifs (C(OH)–C–C–N with tert-alkyl or cyclic N) is 1. The molecule has 37 heavy (non-hydrogen) atoms. The Morgan fingerprint density at radius 3 is 2.24 bits per heavy atom. The average Bonchev–Trinajstić information content (AvgIpc) is 2.83. The van der Waals surface area contributed by atoms with E-state index in [1.165, 1.54) is 11.2 Å². The number of nitrogens with zero attached hydrogens (tertiary/aromatic N) is 1. The second-order valence-corrected chi connectivity index (χ2v) is 13.1. The van der Waals surface area contributed by atoms with Crippen LogP contribution in [0.2, 0.25) is 0 Å². The summed E-state index contributed by atoms with van der Waals surface area (Å²) >= 11 is 0. The topological polar surface area (TPSA) is 91.8 Å². The smallest absolute Gasteiger partial charge is 0.243 e. The first-order chi connectivity index (χ1) is 17.2. The maximum absolute atomic E-state index is 14.0. The highest BCUT2D eigenvalue weighted by molar-refractivity contribution is 7.89. The van der Waals surface area contributed by atoms with Crippen molar-refractivity contribution in [1.82, 2.24) is 4.31 Å². The van der Waals surface area contributed by atoms with E-state index in [4.69, 9.17) is 0 Å². The minimum Gasteiger partial charge on any atom is -0.380 e. The first-order valence-electron chi connectivity index (χ1n) is 12.8. The molecule has 3 rings (SSSR count). The van der Waals surface area contributed by atoms with Gasteiger partial charge in [-0.25, -0.2) is 8.42 Å². The van der Waals surface area contributed by atoms with Crippen molar-refractivity contribution in [2.45, 2.75) is 76.8 Å². The zero-order valence-corrected chi connectivity index (χ0v) is 23.3. The lowest BCUT2D eigenvalue weighted by atomic mass is 9.75. The molecule has 0 unspecified atom stereocenters. The second kappa shape index (κ2) is 11.4. The van der Waals surface area contributed by atoms with Crippen LogP contribution in [0.25, 0.3) is 0 Å². The van der Waals surface area contributed by atoms with E-state index < -0.39 is 45.3 Å². The molecule has 0 saturated carbocycles. The molecule has 1 N–H and O–H groups in total. The summed E-state index contributed by atoms with van der Waals surface area (Å²) in [6.45, 7) is 8.11. The monoisotopic (exact) mass is 525 g/mol. The largest absolute Gasteiger partial charge is 0.380 e. The van der Waals surface area contributed by atoms with Crippen LogP contribution >= 0.6 is 0 Å². The van der Waals surface area contributed by atoms with Crippen molar-refractivity contribution in [3.05, 3.63) is 77.9 Å². The van der Waals surface area contributed by atoms with Crippen molar-refractivity contribution in [3.63, 3.8) is 0 Å². The standard InChI is InChI=1S/C30H39NO5S/c1-22-14-18-27(19-15-22)37(35,36)31-21-30(34,23(2)32)25(20-28(33)29(3,4)5)12-9-13-26(31)17-16-24-10-7-6-8-11-24/h6-12,14-15,18-19,25-26,34H,13,16-17,20-21H2,1-5H3/b12-9-/t25-,26-,30+/m1/s1. The highest BCUT2D eigenvalue weighted by Gasteiger charge is 2.48. The number of aliphatic hydroxyl groups is 1. The minimum absolute atomic E-state index is 0.0524. The van der Waals surface area contributed by atoms with Crippen LogP contribution in [-0.2, 0) is 26.0 Å². The van der Waals surface area contributed by atoms with E-state index in [1.54, 1.807) is 51.1 Å². The number of aryl methyl sites for hydroxylation is 2. The van der Waals surface area contributed by atoms with E-state index in [0.29, 0.717) is 19.3 Å². The number of ketones is 2. The maximum Gasteiger partial charge on any atom is 0.243 e. The Labute approximate surface area is 221 Å². The molecule has 2 aromatic rings. The molecule has 3 atom stereocenters. The molecule has 0 spiro atoms. The molecule has 0 aromatic heterocycles. The summed E-state index contributed by atoms with van der Waals surface area (Å²) in [7, 11) is -4.05. The second-order valence-electron chi connectivity index (χ2n) is 11.2. The fourth-order valence-corrected chi connectivity index (χ4v) is 6.34. The summed E-state index contributed by atoms with van der Waals surface area (Å²) in [5.74, 6) is -1.49. The third-order valence-corrected chi connectivity index (χ3v) is 9.19. The van der Waals surface area contributed by atoms with E-state index in [1.807, 2.05) is 43.3 Å². The average molecular weight is 526 g/mol. The predicted molar refractivity (Wildman–Crippen MR) is 146 cm³/mol. The van der Waals surface area contributed by atoms with Crippen LogP contribution in [-0.4, -0.2) is 47.6 Å². The summed E-state index contributed by atoms with van der Waals surface area (Å²) in [6, 6.07) is 15.9. The molecule has 2 aromatic carbocycles. The third-order valence-electron chi connectivity index (χ3n) is 7.28. The van der Waals surface area contributed by atoms with Crippen molar-refractivity contribution in [2.75, 3.05) is 6.54 Å². The van der Waals surface area contributed by atoms with E-state index in [9.17, 15) is 23.1 Å². The quantitative estimate of drug-likeness (QED) is 0.496. The van der Waals surface area contributed by atoms with Crippen LogP contribution in [0.3, 0.4) is 0 Å². The molecule has 0 fully saturated rings. The molecule has 200 valence electrons. The Morgan fingerprint density at radius 1 is 1.05 bits per heavy atom. The van der Waals surface area contributed by atoms with Gasteiger partial charge in [0.2, 0.25) is 10.0 Å². The first kappa shape index (κ1) is 29.0. The zero-order valence-electron chi connectivity index (χ0n) is 22.5. The number of carbonyl (C=O) groups is 2. The molecule has 1 heterocycles. The first-order valence-corrected chi connectivity index (χ1v) is 14.2. The Bertz CT molecular complexity index is 1230. The van der Waals surface area contributed by atoms with Crippen molar-refractivity contribution < 1.29 is 23.1 Å². The Hall–Kier alpha value is -2.61. The summed E-state index contributed by atoms with van der Waals surface area (Å²) in [5, 5.41) is 11.8. The Balaban J connectivity index is 2.06. The number of carbonyl (C=O) groups excluding carboxylic acids is 2. The van der Waals surface area contributed by atoms with Crippen LogP contribution < -0.4 is 0 Å². The van der Waals surface area contributed by atoms with Gasteiger partial charge in [0, 0.05) is 23.8 Å². The lowest BCUT2D eigenvalue weighted by Crippen LogP contribution is -2.57. The van der Waals surface area contributed by atoms with E-state index in [2.05, 4.69) is 0 Å². The number of sulfonamides is 1. The molecule has 1 aliphatic rings. The van der Waals surface area contributed by atoms with Gasteiger partial charge in [-0.15, -0.1) is 0 Å². The van der Waals surface area contributed by atoms with Gasteiger partial charge in [-0.2, -0.15) is 4.31 Å². The van der Waals surface area contributed by atoms with Gasteiger partial charge in [-0.3, -0.25) is 9.59 Å². The minimum atomic E-state index is -4.05. The van der Waals surface area contributed by atoms with Gasteiger partial charge >= 0.3 is 0 Å². The van der Waals surface area contributed by atoms with Crippen LogP contribution in [0.15, 0.2) is 71.6 Å². The molecular weight excluding hydrogens is 486 g/mol. The van der Waals surface area contributed by atoms with E-state index >= 15 is 0 Å². The van der Waals surface area contributed by atoms with E-state index in [0.717, 1.165) is 11.1 Å². The Morgan fingerprint density at radius 2 is 1.68 bits per heavy atom. The van der Waals surface area contributed by atoms with Gasteiger partial charge in [-0.05, 0) is 50.8 Å². The lowest BCUT2D eigenvalue weighted by Gasteiger charge is -2.41. The summed E-state index contributed by atoms with van der Waals surface area (Å²) in [5.41, 5.74) is -0.687. The van der Waals surface area contributed by atoms with Gasteiger partial charge in [0.05, 0.1) is 11.4 Å². The lowest BCUT2D eigenvalue weighted by molar-refractivity contribution is -0.143. The normalized spacial score (nSPS) is 24.2. The Kier molecular flexibility index (Phi) is 8.93. The zero-order chi connectivity index (χ0) is 27.4.